The van der Waals surface area contributed by atoms with Crippen LogP contribution >= 0.6 is 23.2 Å². The molecule has 186 valence electrons. The topological polar surface area (TPSA) is 86.8 Å². The van der Waals surface area contributed by atoms with E-state index in [4.69, 9.17) is 23.2 Å². The van der Waals surface area contributed by atoms with Crippen molar-refractivity contribution in [1.29, 1.82) is 0 Å². The number of hydrogen-bond acceptors (Lipinski definition) is 4. The number of anilines is 1. The summed E-state index contributed by atoms with van der Waals surface area (Å²) in [4.78, 5) is 27.7. The van der Waals surface area contributed by atoms with Gasteiger partial charge in [-0.3, -0.25) is 13.9 Å². The third kappa shape index (κ3) is 7.89. The van der Waals surface area contributed by atoms with Gasteiger partial charge in [-0.15, -0.1) is 0 Å². The molecule has 2 rings (SSSR count). The summed E-state index contributed by atoms with van der Waals surface area (Å²) in [6.45, 7) is 5.76. The molecule has 34 heavy (non-hydrogen) atoms. The third-order valence-corrected chi connectivity index (χ3v) is 7.18. The van der Waals surface area contributed by atoms with Crippen molar-refractivity contribution in [2.45, 2.75) is 46.2 Å². The lowest BCUT2D eigenvalue weighted by molar-refractivity contribution is -0.139. The molecule has 0 bridgehead atoms. The number of unbranched alkanes of at least 4 members (excludes halogenated alkanes) is 1. The Bertz CT molecular complexity index is 1120. The van der Waals surface area contributed by atoms with Gasteiger partial charge in [0.25, 0.3) is 0 Å². The highest BCUT2D eigenvalue weighted by molar-refractivity contribution is 7.92. The molecule has 2 aromatic rings. The number of rotatable bonds is 11. The molecule has 0 saturated carbocycles. The molecule has 0 saturated heterocycles. The number of carbonyl (C=O) groups excluding carboxylic acids is 2. The minimum Gasteiger partial charge on any atom is -0.354 e. The van der Waals surface area contributed by atoms with Crippen LogP contribution in [0.5, 0.6) is 0 Å². The molecule has 0 heterocycles. The van der Waals surface area contributed by atoms with Crippen LogP contribution in [0.1, 0.15) is 37.8 Å². The van der Waals surface area contributed by atoms with Gasteiger partial charge in [0.2, 0.25) is 21.8 Å². The Kier molecular flexibility index (Phi) is 10.2. The van der Waals surface area contributed by atoms with E-state index in [9.17, 15) is 18.0 Å². The van der Waals surface area contributed by atoms with Crippen LogP contribution in [0.4, 0.5) is 5.69 Å². The van der Waals surface area contributed by atoms with Gasteiger partial charge in [0, 0.05) is 13.1 Å². The first-order chi connectivity index (χ1) is 15.9. The van der Waals surface area contributed by atoms with Gasteiger partial charge < -0.3 is 10.2 Å². The van der Waals surface area contributed by atoms with Crippen LogP contribution in [-0.2, 0) is 26.2 Å². The molecule has 0 fully saturated rings. The van der Waals surface area contributed by atoms with Crippen LogP contribution in [0.15, 0.2) is 42.5 Å². The van der Waals surface area contributed by atoms with Gasteiger partial charge in [0.1, 0.15) is 12.6 Å². The van der Waals surface area contributed by atoms with E-state index < -0.39 is 28.5 Å². The van der Waals surface area contributed by atoms with Gasteiger partial charge in [-0.1, -0.05) is 66.4 Å². The molecule has 1 atom stereocenters. The molecule has 0 aromatic heterocycles. The Labute approximate surface area is 212 Å². The van der Waals surface area contributed by atoms with Crippen molar-refractivity contribution < 1.29 is 18.0 Å². The maximum atomic E-state index is 13.5. The summed E-state index contributed by atoms with van der Waals surface area (Å²) in [5.74, 6) is -0.814. The largest absolute Gasteiger partial charge is 0.354 e. The number of hydrogen-bond donors (Lipinski definition) is 1. The maximum absolute atomic E-state index is 13.5. The number of sulfonamides is 1. The van der Waals surface area contributed by atoms with E-state index in [0.717, 1.165) is 34.5 Å². The number of aryl methyl sites for hydroxylation is 1. The van der Waals surface area contributed by atoms with Gasteiger partial charge in [0.15, 0.2) is 0 Å². The second kappa shape index (κ2) is 12.4. The Morgan fingerprint density at radius 2 is 1.79 bits per heavy atom. The predicted octanol–water partition coefficient (Wildman–Crippen LogP) is 4.40. The highest BCUT2D eigenvalue weighted by Crippen LogP contribution is 2.28. The average molecular weight is 529 g/mol. The zero-order chi connectivity index (χ0) is 25.5. The average Bonchev–Trinajstić information content (AvgIpc) is 2.76. The first-order valence-corrected chi connectivity index (χ1v) is 13.6. The summed E-state index contributed by atoms with van der Waals surface area (Å²) >= 11 is 12.0. The van der Waals surface area contributed by atoms with E-state index in [1.54, 1.807) is 6.92 Å². The summed E-state index contributed by atoms with van der Waals surface area (Å²) in [6, 6.07) is 11.1. The summed E-state index contributed by atoms with van der Waals surface area (Å²) < 4.78 is 26.1. The fraction of sp³-hybridized carbons (Fsp3) is 0.417. The van der Waals surface area contributed by atoms with Crippen LogP contribution in [0.2, 0.25) is 10.0 Å². The van der Waals surface area contributed by atoms with Crippen molar-refractivity contribution in [2.75, 3.05) is 23.7 Å². The number of nitrogens with zero attached hydrogens (tertiary/aromatic N) is 2. The summed E-state index contributed by atoms with van der Waals surface area (Å²) in [5, 5.41) is 3.28. The van der Waals surface area contributed by atoms with Gasteiger partial charge in [-0.25, -0.2) is 8.42 Å². The fourth-order valence-electron chi connectivity index (χ4n) is 3.38. The molecule has 10 heteroatoms. The maximum Gasteiger partial charge on any atom is 0.244 e. The van der Waals surface area contributed by atoms with Gasteiger partial charge in [-0.05, 0) is 44.0 Å². The first kappa shape index (κ1) is 28.0. The Morgan fingerprint density at radius 3 is 2.38 bits per heavy atom. The van der Waals surface area contributed by atoms with Crippen molar-refractivity contribution in [3.63, 3.8) is 0 Å². The quantitative estimate of drug-likeness (QED) is 0.438. The molecule has 0 aliphatic carbocycles. The monoisotopic (exact) mass is 527 g/mol. The predicted molar refractivity (Wildman–Crippen MR) is 138 cm³/mol. The van der Waals surface area contributed by atoms with E-state index >= 15 is 0 Å². The smallest absolute Gasteiger partial charge is 0.244 e. The lowest BCUT2D eigenvalue weighted by atomic mass is 10.1. The lowest BCUT2D eigenvalue weighted by Gasteiger charge is -2.31. The SMILES string of the molecule is CCCCNC(=O)[C@@H](C)N(Cc1cccc(C)c1)C(=O)CN(c1ccc(Cl)c(Cl)c1)S(C)(=O)=O. The normalized spacial score (nSPS) is 12.2. The van der Waals surface area contributed by atoms with Crippen molar-refractivity contribution in [3.05, 3.63) is 63.6 Å². The van der Waals surface area contributed by atoms with E-state index in [1.165, 1.54) is 23.1 Å². The third-order valence-electron chi connectivity index (χ3n) is 5.30. The molecule has 1 N–H and O–H groups in total. The van der Waals surface area contributed by atoms with Crippen LogP contribution in [0, 0.1) is 6.92 Å². The summed E-state index contributed by atoms with van der Waals surface area (Å²) in [5.41, 5.74) is 2.06. The highest BCUT2D eigenvalue weighted by atomic mass is 35.5. The molecule has 0 aliphatic rings. The van der Waals surface area contributed by atoms with E-state index in [2.05, 4.69) is 5.32 Å². The molecule has 0 aliphatic heterocycles. The number of halogens is 2. The molecule has 2 amide bonds. The summed E-state index contributed by atoms with van der Waals surface area (Å²) in [6.07, 6.45) is 2.76. The number of nitrogens with one attached hydrogen (secondary N) is 1. The molecule has 2 aromatic carbocycles. The van der Waals surface area contributed by atoms with Crippen molar-refractivity contribution in [1.82, 2.24) is 10.2 Å². The Balaban J connectivity index is 2.37. The second-order valence-electron chi connectivity index (χ2n) is 8.20. The zero-order valence-corrected chi connectivity index (χ0v) is 22.2. The van der Waals surface area contributed by atoms with Crippen LogP contribution in [0.3, 0.4) is 0 Å². The molecular formula is C24H31Cl2N3O4S. The number of amides is 2. The van der Waals surface area contributed by atoms with Crippen molar-refractivity contribution in [2.24, 2.45) is 0 Å². The van der Waals surface area contributed by atoms with Crippen molar-refractivity contribution in [3.8, 4) is 0 Å². The van der Waals surface area contributed by atoms with Crippen molar-refractivity contribution >= 4 is 50.7 Å². The number of benzene rings is 2. The molecule has 0 unspecified atom stereocenters. The van der Waals surface area contributed by atoms with Crippen LogP contribution in [-0.4, -0.2) is 50.5 Å². The first-order valence-electron chi connectivity index (χ1n) is 11.0. The highest BCUT2D eigenvalue weighted by Gasteiger charge is 2.30. The molecule has 0 spiro atoms. The van der Waals surface area contributed by atoms with E-state index in [-0.39, 0.29) is 28.2 Å². The second-order valence-corrected chi connectivity index (χ2v) is 10.9. The van der Waals surface area contributed by atoms with Gasteiger partial charge >= 0.3 is 0 Å². The van der Waals surface area contributed by atoms with Crippen LogP contribution in [0.25, 0.3) is 0 Å². The Morgan fingerprint density at radius 1 is 1.09 bits per heavy atom. The van der Waals surface area contributed by atoms with Gasteiger partial charge in [0.05, 0.1) is 22.0 Å². The minimum atomic E-state index is -3.84. The minimum absolute atomic E-state index is 0.155. The molecule has 0 radical (unpaired) electrons. The Hall–Kier alpha value is -2.29. The zero-order valence-electron chi connectivity index (χ0n) is 19.8. The fourth-order valence-corrected chi connectivity index (χ4v) is 4.51. The molecule has 7 nitrogen and oxygen atoms in total. The molecular weight excluding hydrogens is 497 g/mol. The van der Waals surface area contributed by atoms with E-state index in [1.807, 2.05) is 38.1 Å². The lowest BCUT2D eigenvalue weighted by Crippen LogP contribution is -2.51. The standard InChI is InChI=1S/C24H31Cl2N3O4S/c1-5-6-12-27-24(31)18(3)28(15-19-9-7-8-17(2)13-19)23(30)16-29(34(4,32)33)20-10-11-21(25)22(26)14-20/h7-11,13-14,18H,5-6,12,15-16H2,1-4H3,(H,27,31)/t18-/m1/s1. The number of carbonyl (C=O) groups is 2. The summed E-state index contributed by atoms with van der Waals surface area (Å²) in [7, 11) is -3.84. The van der Waals surface area contributed by atoms with E-state index in [0.29, 0.717) is 6.54 Å². The van der Waals surface area contributed by atoms with Crippen LogP contribution < -0.4 is 9.62 Å². The van der Waals surface area contributed by atoms with Gasteiger partial charge in [-0.2, -0.15) is 0 Å².